The summed E-state index contributed by atoms with van der Waals surface area (Å²) in [5, 5.41) is 8.01. The highest BCUT2D eigenvalue weighted by Crippen LogP contribution is 2.28. The lowest BCUT2D eigenvalue weighted by atomic mass is 10.2. The van der Waals surface area contributed by atoms with Gasteiger partial charge in [0, 0.05) is 5.56 Å². The van der Waals surface area contributed by atoms with Crippen molar-refractivity contribution in [2.45, 2.75) is 20.0 Å². The number of halogens is 1. The highest BCUT2D eigenvalue weighted by Gasteiger charge is 2.17. The first-order chi connectivity index (χ1) is 12.6. The van der Waals surface area contributed by atoms with Crippen LogP contribution in [-0.2, 0) is 0 Å². The number of benzene rings is 2. The van der Waals surface area contributed by atoms with E-state index < -0.39 is 11.9 Å². The molecule has 3 rings (SSSR count). The largest absolute Gasteiger partial charge is 0.494 e. The Hall–Kier alpha value is -3.09. The summed E-state index contributed by atoms with van der Waals surface area (Å²) in [4.78, 5) is 0. The van der Waals surface area contributed by atoms with Crippen molar-refractivity contribution in [2.24, 2.45) is 0 Å². The third-order valence-electron chi connectivity index (χ3n) is 3.63. The van der Waals surface area contributed by atoms with Gasteiger partial charge in [-0.3, -0.25) is 0 Å². The number of ether oxygens (including phenoxy) is 3. The zero-order valence-corrected chi connectivity index (χ0v) is 14.7. The van der Waals surface area contributed by atoms with E-state index >= 15 is 0 Å². The van der Waals surface area contributed by atoms with Gasteiger partial charge in [-0.1, -0.05) is 0 Å². The summed E-state index contributed by atoms with van der Waals surface area (Å²) >= 11 is 0. The fourth-order valence-corrected chi connectivity index (χ4v) is 2.34. The Morgan fingerprint density at radius 2 is 1.81 bits per heavy atom. The Morgan fingerprint density at radius 1 is 1.08 bits per heavy atom. The minimum atomic E-state index is -0.455. The Morgan fingerprint density at radius 3 is 2.50 bits per heavy atom. The number of nitrogens with zero attached hydrogens (tertiary/aromatic N) is 2. The molecule has 1 unspecified atom stereocenters. The summed E-state index contributed by atoms with van der Waals surface area (Å²) in [5.74, 6) is 1.67. The third kappa shape index (κ3) is 3.93. The summed E-state index contributed by atoms with van der Waals surface area (Å²) in [5.41, 5.74) is 0.565. The van der Waals surface area contributed by atoms with Crippen LogP contribution in [0.5, 0.6) is 17.2 Å². The van der Waals surface area contributed by atoms with Crippen LogP contribution >= 0.6 is 0 Å². The molecule has 2 aromatic carbocycles. The average Bonchev–Trinajstić information content (AvgIpc) is 3.14. The maximum Gasteiger partial charge on any atom is 0.257 e. The van der Waals surface area contributed by atoms with Crippen molar-refractivity contribution < 1.29 is 23.0 Å². The number of aromatic nitrogens is 2. The van der Waals surface area contributed by atoms with Gasteiger partial charge in [0.2, 0.25) is 5.89 Å². The molecule has 1 aromatic heterocycles. The average molecular weight is 358 g/mol. The molecule has 0 aliphatic rings. The highest BCUT2D eigenvalue weighted by molar-refractivity contribution is 5.55. The predicted molar refractivity (Wildman–Crippen MR) is 92.9 cm³/mol. The first kappa shape index (κ1) is 17.7. The molecule has 26 heavy (non-hydrogen) atoms. The van der Waals surface area contributed by atoms with Gasteiger partial charge < -0.3 is 18.6 Å². The Bertz CT molecular complexity index is 864. The molecule has 0 N–H and O–H groups in total. The van der Waals surface area contributed by atoms with Crippen LogP contribution in [0.25, 0.3) is 11.5 Å². The summed E-state index contributed by atoms with van der Waals surface area (Å²) < 4.78 is 35.3. The normalized spacial score (nSPS) is 11.8. The molecule has 1 atom stereocenters. The fourth-order valence-electron chi connectivity index (χ4n) is 2.34. The van der Waals surface area contributed by atoms with Crippen LogP contribution in [0.15, 0.2) is 46.9 Å². The number of methoxy groups -OCH3 is 1. The van der Waals surface area contributed by atoms with E-state index in [0.29, 0.717) is 23.8 Å². The summed E-state index contributed by atoms with van der Waals surface area (Å²) in [6.45, 7) is 4.34. The van der Waals surface area contributed by atoms with Crippen LogP contribution in [0.3, 0.4) is 0 Å². The minimum Gasteiger partial charge on any atom is -0.494 e. The first-order valence-corrected chi connectivity index (χ1v) is 8.17. The molecule has 0 bridgehead atoms. The number of rotatable bonds is 7. The summed E-state index contributed by atoms with van der Waals surface area (Å²) in [7, 11) is 1.40. The zero-order chi connectivity index (χ0) is 18.5. The fraction of sp³-hybridized carbons (Fsp3) is 0.263. The lowest BCUT2D eigenvalue weighted by Crippen LogP contribution is -2.03. The molecule has 7 heteroatoms. The van der Waals surface area contributed by atoms with Gasteiger partial charge in [-0.15, -0.1) is 10.2 Å². The monoisotopic (exact) mass is 358 g/mol. The Labute approximate surface area is 150 Å². The maximum atomic E-state index is 13.5. The third-order valence-corrected chi connectivity index (χ3v) is 3.63. The van der Waals surface area contributed by atoms with Gasteiger partial charge in [0.15, 0.2) is 17.7 Å². The topological polar surface area (TPSA) is 66.6 Å². The Balaban J connectivity index is 1.72. The summed E-state index contributed by atoms with van der Waals surface area (Å²) in [6.07, 6.45) is -0.448. The van der Waals surface area contributed by atoms with Crippen molar-refractivity contribution in [2.75, 3.05) is 13.7 Å². The summed E-state index contributed by atoms with van der Waals surface area (Å²) in [6, 6.07) is 11.6. The van der Waals surface area contributed by atoms with Crippen LogP contribution in [0, 0.1) is 5.82 Å². The van der Waals surface area contributed by atoms with E-state index in [1.54, 1.807) is 13.0 Å². The quantitative estimate of drug-likeness (QED) is 0.623. The van der Waals surface area contributed by atoms with Crippen LogP contribution in [0.1, 0.15) is 25.8 Å². The lowest BCUT2D eigenvalue weighted by molar-refractivity contribution is 0.189. The molecule has 6 nitrogen and oxygen atoms in total. The van der Waals surface area contributed by atoms with Gasteiger partial charge in [-0.25, -0.2) is 4.39 Å². The van der Waals surface area contributed by atoms with Gasteiger partial charge >= 0.3 is 0 Å². The molecule has 0 fully saturated rings. The lowest BCUT2D eigenvalue weighted by Gasteiger charge is -2.11. The van der Waals surface area contributed by atoms with Crippen molar-refractivity contribution >= 4 is 0 Å². The van der Waals surface area contributed by atoms with Crippen molar-refractivity contribution in [3.05, 3.63) is 54.2 Å². The van der Waals surface area contributed by atoms with Crippen LogP contribution in [-0.4, -0.2) is 23.9 Å². The molecule has 0 saturated heterocycles. The second-order valence-corrected chi connectivity index (χ2v) is 5.46. The van der Waals surface area contributed by atoms with E-state index in [1.807, 2.05) is 31.2 Å². The van der Waals surface area contributed by atoms with Crippen molar-refractivity contribution in [3.8, 4) is 28.7 Å². The molecule has 0 spiro atoms. The van der Waals surface area contributed by atoms with Gasteiger partial charge in [-0.2, -0.15) is 0 Å². The highest BCUT2D eigenvalue weighted by atomic mass is 19.1. The molecule has 0 aliphatic carbocycles. The van der Waals surface area contributed by atoms with Gasteiger partial charge in [0.05, 0.1) is 13.7 Å². The van der Waals surface area contributed by atoms with Crippen molar-refractivity contribution in [1.82, 2.24) is 10.2 Å². The minimum absolute atomic E-state index is 0.112. The van der Waals surface area contributed by atoms with Gasteiger partial charge in [-0.05, 0) is 56.3 Å². The van der Waals surface area contributed by atoms with E-state index in [2.05, 4.69) is 10.2 Å². The van der Waals surface area contributed by atoms with Crippen LogP contribution < -0.4 is 14.2 Å². The molecular weight excluding hydrogens is 339 g/mol. The molecule has 0 amide bonds. The number of hydrogen-bond donors (Lipinski definition) is 0. The SMILES string of the molecule is CCOc1ccc(OC(C)c2nnc(-c3ccc(F)c(OC)c3)o2)cc1. The van der Waals surface area contributed by atoms with Crippen molar-refractivity contribution in [3.63, 3.8) is 0 Å². The van der Waals surface area contributed by atoms with Crippen LogP contribution in [0.2, 0.25) is 0 Å². The molecule has 1 heterocycles. The molecular formula is C19H19FN2O4. The van der Waals surface area contributed by atoms with E-state index in [1.165, 1.54) is 19.2 Å². The molecule has 0 radical (unpaired) electrons. The zero-order valence-electron chi connectivity index (χ0n) is 14.7. The first-order valence-electron chi connectivity index (χ1n) is 8.17. The molecule has 136 valence electrons. The predicted octanol–water partition coefficient (Wildman–Crippen LogP) is 4.42. The van der Waals surface area contributed by atoms with Gasteiger partial charge in [0.1, 0.15) is 11.5 Å². The van der Waals surface area contributed by atoms with E-state index in [9.17, 15) is 4.39 Å². The van der Waals surface area contributed by atoms with E-state index in [4.69, 9.17) is 18.6 Å². The van der Waals surface area contributed by atoms with Gasteiger partial charge in [0.25, 0.3) is 5.89 Å². The molecule has 0 aliphatic heterocycles. The smallest absolute Gasteiger partial charge is 0.257 e. The second kappa shape index (κ2) is 7.86. The van der Waals surface area contributed by atoms with E-state index in [-0.39, 0.29) is 11.6 Å². The standard InChI is InChI=1S/C19H19FN2O4/c1-4-24-14-6-8-15(9-7-14)25-12(2)18-21-22-19(26-18)13-5-10-16(20)17(11-13)23-3/h5-12H,4H2,1-3H3. The molecule has 0 saturated carbocycles. The maximum absolute atomic E-state index is 13.5. The van der Waals surface area contributed by atoms with Crippen molar-refractivity contribution in [1.29, 1.82) is 0 Å². The van der Waals surface area contributed by atoms with E-state index in [0.717, 1.165) is 5.75 Å². The van der Waals surface area contributed by atoms with Crippen LogP contribution in [0.4, 0.5) is 4.39 Å². The number of hydrogen-bond acceptors (Lipinski definition) is 6. The Kier molecular flexibility index (Phi) is 5.36. The second-order valence-electron chi connectivity index (χ2n) is 5.46. The molecule has 3 aromatic rings.